The summed E-state index contributed by atoms with van der Waals surface area (Å²) < 4.78 is 10.9. The molecule has 5 heteroatoms. The lowest BCUT2D eigenvalue weighted by Gasteiger charge is -2.00. The van der Waals surface area contributed by atoms with Crippen molar-refractivity contribution in [2.75, 3.05) is 7.11 Å². The van der Waals surface area contributed by atoms with Crippen molar-refractivity contribution in [3.63, 3.8) is 0 Å². The number of aryl methyl sites for hydroxylation is 1. The molecule has 0 fully saturated rings. The molecule has 0 saturated heterocycles. The van der Waals surface area contributed by atoms with Crippen LogP contribution in [0.25, 0.3) is 11.5 Å². The zero-order chi connectivity index (χ0) is 15.4. The Hall–Kier alpha value is -2.27. The minimum atomic E-state index is 0.505. The summed E-state index contributed by atoms with van der Waals surface area (Å²) in [6.07, 6.45) is 0. The van der Waals surface area contributed by atoms with E-state index in [1.165, 1.54) is 22.9 Å². The molecule has 3 rings (SSSR count). The monoisotopic (exact) mass is 312 g/mol. The lowest BCUT2D eigenvalue weighted by atomic mass is 10.2. The summed E-state index contributed by atoms with van der Waals surface area (Å²) in [6, 6.07) is 16.0. The minimum absolute atomic E-state index is 0.505. The van der Waals surface area contributed by atoms with Crippen molar-refractivity contribution in [1.82, 2.24) is 10.2 Å². The van der Waals surface area contributed by atoms with Crippen LogP contribution in [-0.4, -0.2) is 17.3 Å². The van der Waals surface area contributed by atoms with Gasteiger partial charge in [0.15, 0.2) is 0 Å². The Labute approximate surface area is 133 Å². The molecule has 1 heterocycles. The molecule has 2 aromatic carbocycles. The van der Waals surface area contributed by atoms with Gasteiger partial charge >= 0.3 is 0 Å². The van der Waals surface area contributed by atoms with Crippen LogP contribution in [0.15, 0.2) is 58.2 Å². The number of methoxy groups -OCH3 is 1. The average molecular weight is 312 g/mol. The Balaban J connectivity index is 1.69. The van der Waals surface area contributed by atoms with Gasteiger partial charge in [0.2, 0.25) is 5.89 Å². The Morgan fingerprint density at radius 1 is 1.09 bits per heavy atom. The first-order chi connectivity index (χ1) is 10.7. The number of benzene rings is 2. The van der Waals surface area contributed by atoms with Crippen LogP contribution in [0.5, 0.6) is 5.75 Å². The number of hydrogen-bond acceptors (Lipinski definition) is 5. The van der Waals surface area contributed by atoms with Crippen LogP contribution in [-0.2, 0) is 5.75 Å². The van der Waals surface area contributed by atoms with Crippen molar-refractivity contribution < 1.29 is 9.15 Å². The summed E-state index contributed by atoms with van der Waals surface area (Å²) in [6.45, 7) is 2.08. The van der Waals surface area contributed by atoms with Gasteiger partial charge in [0.1, 0.15) is 5.75 Å². The Bertz CT molecular complexity index is 753. The fourth-order valence-corrected chi connectivity index (χ4v) is 2.69. The molecule has 3 aromatic rings. The third kappa shape index (κ3) is 3.49. The summed E-state index contributed by atoms with van der Waals surface area (Å²) in [5, 5.41) is 8.75. The van der Waals surface area contributed by atoms with Crippen LogP contribution >= 0.6 is 11.8 Å². The fourth-order valence-electron chi connectivity index (χ4n) is 1.97. The summed E-state index contributed by atoms with van der Waals surface area (Å²) in [5.41, 5.74) is 3.35. The quantitative estimate of drug-likeness (QED) is 0.656. The number of thioether (sulfide) groups is 1. The largest absolute Gasteiger partial charge is 0.497 e. The van der Waals surface area contributed by atoms with E-state index in [9.17, 15) is 0 Å². The molecule has 112 valence electrons. The third-order valence-electron chi connectivity index (χ3n) is 3.21. The van der Waals surface area contributed by atoms with Crippen molar-refractivity contribution in [3.8, 4) is 17.2 Å². The second kappa shape index (κ2) is 6.66. The van der Waals surface area contributed by atoms with E-state index in [1.807, 2.05) is 24.3 Å². The molecule has 0 saturated carbocycles. The molecule has 0 aliphatic heterocycles. The lowest BCUT2D eigenvalue weighted by Crippen LogP contribution is -1.83. The van der Waals surface area contributed by atoms with E-state index in [4.69, 9.17) is 9.15 Å². The van der Waals surface area contributed by atoms with E-state index in [1.54, 1.807) is 7.11 Å². The molecule has 0 unspecified atom stereocenters. The summed E-state index contributed by atoms with van der Waals surface area (Å²) >= 11 is 1.53. The van der Waals surface area contributed by atoms with E-state index in [0.717, 1.165) is 17.1 Å². The highest BCUT2D eigenvalue weighted by atomic mass is 32.2. The number of nitrogens with zero attached hydrogens (tertiary/aromatic N) is 2. The van der Waals surface area contributed by atoms with E-state index in [2.05, 4.69) is 41.4 Å². The third-order valence-corrected chi connectivity index (χ3v) is 4.10. The van der Waals surface area contributed by atoms with Gasteiger partial charge in [0.05, 0.1) is 7.11 Å². The summed E-state index contributed by atoms with van der Waals surface area (Å²) in [7, 11) is 1.63. The van der Waals surface area contributed by atoms with E-state index >= 15 is 0 Å². The highest BCUT2D eigenvalue weighted by molar-refractivity contribution is 7.98. The van der Waals surface area contributed by atoms with Gasteiger partial charge in [0, 0.05) is 11.3 Å². The van der Waals surface area contributed by atoms with Crippen molar-refractivity contribution >= 4 is 11.8 Å². The van der Waals surface area contributed by atoms with Crippen LogP contribution in [0.1, 0.15) is 11.1 Å². The smallest absolute Gasteiger partial charge is 0.277 e. The van der Waals surface area contributed by atoms with E-state index in [-0.39, 0.29) is 0 Å². The first kappa shape index (κ1) is 14.7. The Morgan fingerprint density at radius 2 is 1.91 bits per heavy atom. The van der Waals surface area contributed by atoms with Gasteiger partial charge < -0.3 is 9.15 Å². The average Bonchev–Trinajstić information content (AvgIpc) is 3.03. The SMILES string of the molecule is COc1cccc(-c2nnc(SCc3ccc(C)cc3)o2)c1. The van der Waals surface area contributed by atoms with Crippen molar-refractivity contribution in [2.24, 2.45) is 0 Å². The molecule has 0 bridgehead atoms. The molecular formula is C17H16N2O2S. The fraction of sp³-hybridized carbons (Fsp3) is 0.176. The summed E-state index contributed by atoms with van der Waals surface area (Å²) in [5.74, 6) is 2.08. The maximum atomic E-state index is 5.70. The van der Waals surface area contributed by atoms with Crippen LogP contribution < -0.4 is 4.74 Å². The normalized spacial score (nSPS) is 10.6. The molecular weight excluding hydrogens is 296 g/mol. The number of aromatic nitrogens is 2. The Morgan fingerprint density at radius 3 is 2.68 bits per heavy atom. The molecule has 4 nitrogen and oxygen atoms in total. The molecule has 0 aliphatic carbocycles. The van der Waals surface area contributed by atoms with E-state index < -0.39 is 0 Å². The number of rotatable bonds is 5. The molecule has 1 aromatic heterocycles. The minimum Gasteiger partial charge on any atom is -0.497 e. The lowest BCUT2D eigenvalue weighted by molar-refractivity contribution is 0.414. The van der Waals surface area contributed by atoms with Gasteiger partial charge in [-0.3, -0.25) is 0 Å². The molecule has 0 amide bonds. The Kier molecular flexibility index (Phi) is 4.44. The standard InChI is InChI=1S/C17H16N2O2S/c1-12-6-8-13(9-7-12)11-22-17-19-18-16(21-17)14-4-3-5-15(10-14)20-2/h3-10H,11H2,1-2H3. The maximum Gasteiger partial charge on any atom is 0.277 e. The van der Waals surface area contributed by atoms with Gasteiger partial charge in [-0.1, -0.05) is 47.7 Å². The second-order valence-corrected chi connectivity index (χ2v) is 5.81. The molecule has 0 atom stereocenters. The van der Waals surface area contributed by atoms with Crippen LogP contribution in [0.2, 0.25) is 0 Å². The molecule has 0 radical (unpaired) electrons. The van der Waals surface area contributed by atoms with Crippen molar-refractivity contribution in [3.05, 3.63) is 59.7 Å². The zero-order valence-electron chi connectivity index (χ0n) is 12.4. The number of hydrogen-bond donors (Lipinski definition) is 0. The van der Waals surface area contributed by atoms with Crippen LogP contribution in [0.4, 0.5) is 0 Å². The van der Waals surface area contributed by atoms with Crippen molar-refractivity contribution in [1.29, 1.82) is 0 Å². The highest BCUT2D eigenvalue weighted by Gasteiger charge is 2.10. The molecule has 0 N–H and O–H groups in total. The molecule has 22 heavy (non-hydrogen) atoms. The van der Waals surface area contributed by atoms with Gasteiger partial charge in [-0.15, -0.1) is 10.2 Å². The molecule has 0 spiro atoms. The van der Waals surface area contributed by atoms with Gasteiger partial charge in [0.25, 0.3) is 5.22 Å². The predicted octanol–water partition coefficient (Wildman–Crippen LogP) is 4.35. The first-order valence-electron chi connectivity index (χ1n) is 6.91. The molecule has 0 aliphatic rings. The zero-order valence-corrected chi connectivity index (χ0v) is 13.3. The topological polar surface area (TPSA) is 48.2 Å². The second-order valence-electron chi connectivity index (χ2n) is 4.88. The van der Waals surface area contributed by atoms with Crippen LogP contribution in [0.3, 0.4) is 0 Å². The van der Waals surface area contributed by atoms with Gasteiger partial charge in [-0.2, -0.15) is 0 Å². The van der Waals surface area contributed by atoms with E-state index in [0.29, 0.717) is 11.1 Å². The first-order valence-corrected chi connectivity index (χ1v) is 7.89. The van der Waals surface area contributed by atoms with Gasteiger partial charge in [-0.05, 0) is 30.7 Å². The summed E-state index contributed by atoms with van der Waals surface area (Å²) in [4.78, 5) is 0. The number of ether oxygens (including phenoxy) is 1. The maximum absolute atomic E-state index is 5.70. The predicted molar refractivity (Wildman–Crippen MR) is 87.0 cm³/mol. The highest BCUT2D eigenvalue weighted by Crippen LogP contribution is 2.27. The van der Waals surface area contributed by atoms with Crippen molar-refractivity contribution in [2.45, 2.75) is 17.9 Å². The van der Waals surface area contributed by atoms with Gasteiger partial charge in [-0.25, -0.2) is 0 Å². The van der Waals surface area contributed by atoms with Crippen LogP contribution in [0, 0.1) is 6.92 Å².